The Morgan fingerprint density at radius 1 is 1.25 bits per heavy atom. The first-order valence-corrected chi connectivity index (χ1v) is 6.13. The molecular weight excluding hydrogens is 292 g/mol. The van der Waals surface area contributed by atoms with Gasteiger partial charge in [-0.25, -0.2) is 0 Å². The van der Waals surface area contributed by atoms with Crippen molar-refractivity contribution in [3.63, 3.8) is 0 Å². The van der Waals surface area contributed by atoms with E-state index in [1.54, 1.807) is 23.5 Å². The van der Waals surface area contributed by atoms with Crippen LogP contribution in [0.4, 0.5) is 0 Å². The molecule has 0 bridgehead atoms. The molecule has 3 heterocycles. The first kappa shape index (κ1) is 9.80. The predicted octanol–water partition coefficient (Wildman–Crippen LogP) is 3.82. The topological polar surface area (TPSA) is 52.1 Å². The fourth-order valence-corrected chi connectivity index (χ4v) is 2.21. The number of hydrogen-bond donors (Lipinski definition) is 0. The molecule has 3 rings (SSSR count). The van der Waals surface area contributed by atoms with Crippen LogP contribution in [0.25, 0.3) is 22.4 Å². The van der Waals surface area contributed by atoms with E-state index in [-0.39, 0.29) is 0 Å². The lowest BCUT2D eigenvalue weighted by atomic mass is 10.4. The number of rotatable bonds is 2. The molecule has 0 N–H and O–H groups in total. The summed E-state index contributed by atoms with van der Waals surface area (Å²) >= 11 is 4.79. The smallest absolute Gasteiger partial charge is 0.294 e. The Hall–Kier alpha value is -1.40. The summed E-state index contributed by atoms with van der Waals surface area (Å²) in [7, 11) is 0. The first-order valence-electron chi connectivity index (χ1n) is 4.46. The molecule has 0 unspecified atom stereocenters. The van der Waals surface area contributed by atoms with E-state index >= 15 is 0 Å². The number of nitrogens with zero attached hydrogens (tertiary/aromatic N) is 2. The standard InChI is InChI=1S/C10H5BrN2O2S/c11-8-4-3-6(14-8)10-12-9(13-15-10)7-2-1-5-16-7/h1-5H. The Kier molecular flexibility index (Phi) is 2.37. The van der Waals surface area contributed by atoms with Gasteiger partial charge in [0.2, 0.25) is 5.82 Å². The van der Waals surface area contributed by atoms with Crippen LogP contribution in [0.1, 0.15) is 0 Å². The zero-order chi connectivity index (χ0) is 11.0. The fourth-order valence-electron chi connectivity index (χ4n) is 1.26. The molecule has 3 aromatic heterocycles. The van der Waals surface area contributed by atoms with Crippen LogP contribution in [-0.4, -0.2) is 10.1 Å². The fraction of sp³-hybridized carbons (Fsp3) is 0. The van der Waals surface area contributed by atoms with Crippen LogP contribution in [-0.2, 0) is 0 Å². The first-order chi connectivity index (χ1) is 7.83. The van der Waals surface area contributed by atoms with Gasteiger partial charge in [0.25, 0.3) is 5.89 Å². The van der Waals surface area contributed by atoms with E-state index in [0.29, 0.717) is 22.1 Å². The van der Waals surface area contributed by atoms with Crippen molar-refractivity contribution in [2.75, 3.05) is 0 Å². The highest BCUT2D eigenvalue weighted by atomic mass is 79.9. The van der Waals surface area contributed by atoms with Gasteiger partial charge < -0.3 is 8.94 Å². The molecule has 0 aliphatic heterocycles. The Morgan fingerprint density at radius 3 is 2.88 bits per heavy atom. The maximum Gasteiger partial charge on any atom is 0.294 e. The molecule has 0 amide bonds. The highest BCUT2D eigenvalue weighted by Crippen LogP contribution is 2.27. The van der Waals surface area contributed by atoms with Crippen LogP contribution in [0.3, 0.4) is 0 Å². The number of hydrogen-bond acceptors (Lipinski definition) is 5. The van der Waals surface area contributed by atoms with Crippen LogP contribution >= 0.6 is 27.3 Å². The average Bonchev–Trinajstić information content (AvgIpc) is 2.97. The molecule has 0 aliphatic rings. The third kappa shape index (κ3) is 1.70. The third-order valence-corrected chi connectivity index (χ3v) is 3.24. The molecule has 80 valence electrons. The number of halogens is 1. The Labute approximate surface area is 103 Å². The molecule has 0 radical (unpaired) electrons. The molecule has 6 heteroatoms. The molecule has 0 aromatic carbocycles. The Bertz CT molecular complexity index is 600. The molecule has 16 heavy (non-hydrogen) atoms. The monoisotopic (exact) mass is 296 g/mol. The summed E-state index contributed by atoms with van der Waals surface area (Å²) in [6, 6.07) is 7.44. The summed E-state index contributed by atoms with van der Waals surface area (Å²) in [5, 5.41) is 5.86. The van der Waals surface area contributed by atoms with E-state index in [1.165, 1.54) is 0 Å². The second-order valence-corrected chi connectivity index (χ2v) is 4.73. The molecule has 0 saturated heterocycles. The van der Waals surface area contributed by atoms with E-state index in [9.17, 15) is 0 Å². The zero-order valence-corrected chi connectivity index (χ0v) is 10.3. The molecule has 0 spiro atoms. The van der Waals surface area contributed by atoms with Crippen LogP contribution in [0.2, 0.25) is 0 Å². The van der Waals surface area contributed by atoms with E-state index in [2.05, 4.69) is 26.1 Å². The minimum absolute atomic E-state index is 0.383. The minimum Gasteiger partial charge on any atom is -0.444 e. The largest absolute Gasteiger partial charge is 0.444 e. The van der Waals surface area contributed by atoms with Crippen LogP contribution in [0.15, 0.2) is 43.3 Å². The Balaban J connectivity index is 2.00. The minimum atomic E-state index is 0.383. The van der Waals surface area contributed by atoms with Crippen molar-refractivity contribution in [1.29, 1.82) is 0 Å². The lowest BCUT2D eigenvalue weighted by Gasteiger charge is -1.84. The third-order valence-electron chi connectivity index (χ3n) is 1.95. The van der Waals surface area contributed by atoms with Crippen LogP contribution < -0.4 is 0 Å². The van der Waals surface area contributed by atoms with Crippen molar-refractivity contribution < 1.29 is 8.94 Å². The van der Waals surface area contributed by atoms with Crippen molar-refractivity contribution in [1.82, 2.24) is 10.1 Å². The predicted molar refractivity (Wildman–Crippen MR) is 63.0 cm³/mol. The maximum atomic E-state index is 5.32. The van der Waals surface area contributed by atoms with Gasteiger partial charge in [0.15, 0.2) is 10.4 Å². The summed E-state index contributed by atoms with van der Waals surface area (Å²) in [5.41, 5.74) is 0. The molecule has 3 aromatic rings. The molecule has 4 nitrogen and oxygen atoms in total. The molecular formula is C10H5BrN2O2S. The summed E-state index contributed by atoms with van der Waals surface area (Å²) in [4.78, 5) is 5.23. The van der Waals surface area contributed by atoms with Crippen molar-refractivity contribution in [3.8, 4) is 22.4 Å². The van der Waals surface area contributed by atoms with Gasteiger partial charge in [0.05, 0.1) is 4.88 Å². The van der Waals surface area contributed by atoms with Crippen LogP contribution in [0.5, 0.6) is 0 Å². The van der Waals surface area contributed by atoms with E-state index < -0.39 is 0 Å². The van der Waals surface area contributed by atoms with Gasteiger partial charge in [0, 0.05) is 0 Å². The lowest BCUT2D eigenvalue weighted by Crippen LogP contribution is -1.75. The van der Waals surface area contributed by atoms with Gasteiger partial charge in [-0.05, 0) is 39.5 Å². The van der Waals surface area contributed by atoms with Crippen molar-refractivity contribution in [2.45, 2.75) is 0 Å². The second kappa shape index (κ2) is 3.88. The van der Waals surface area contributed by atoms with Gasteiger partial charge in [-0.1, -0.05) is 11.2 Å². The van der Waals surface area contributed by atoms with Gasteiger partial charge >= 0.3 is 0 Å². The SMILES string of the molecule is Brc1ccc(-c2nc(-c3cccs3)no2)o1. The average molecular weight is 297 g/mol. The van der Waals surface area contributed by atoms with Crippen molar-refractivity contribution in [3.05, 3.63) is 34.3 Å². The van der Waals surface area contributed by atoms with E-state index in [1.807, 2.05) is 17.5 Å². The molecule has 0 fully saturated rings. The van der Waals surface area contributed by atoms with Gasteiger partial charge in [0.1, 0.15) is 0 Å². The highest BCUT2D eigenvalue weighted by molar-refractivity contribution is 9.10. The summed E-state index contributed by atoms with van der Waals surface area (Å²) in [5.74, 6) is 1.52. The van der Waals surface area contributed by atoms with Crippen molar-refractivity contribution in [2.24, 2.45) is 0 Å². The summed E-state index contributed by atoms with van der Waals surface area (Å²) in [6.45, 7) is 0. The molecule has 0 aliphatic carbocycles. The number of aromatic nitrogens is 2. The number of thiophene rings is 1. The molecule has 0 saturated carbocycles. The quantitative estimate of drug-likeness (QED) is 0.721. The van der Waals surface area contributed by atoms with E-state index in [4.69, 9.17) is 8.94 Å². The second-order valence-electron chi connectivity index (χ2n) is 3.00. The van der Waals surface area contributed by atoms with Crippen LogP contribution in [0, 0.1) is 0 Å². The molecule has 0 atom stereocenters. The van der Waals surface area contributed by atoms with Gasteiger partial charge in [-0.15, -0.1) is 11.3 Å². The van der Waals surface area contributed by atoms with Gasteiger partial charge in [-0.3, -0.25) is 0 Å². The lowest BCUT2D eigenvalue weighted by molar-refractivity contribution is 0.414. The highest BCUT2D eigenvalue weighted by Gasteiger charge is 2.13. The zero-order valence-electron chi connectivity index (χ0n) is 7.88. The summed E-state index contributed by atoms with van der Waals surface area (Å²) < 4.78 is 11.1. The van der Waals surface area contributed by atoms with E-state index in [0.717, 1.165) is 4.88 Å². The Morgan fingerprint density at radius 2 is 2.19 bits per heavy atom. The van der Waals surface area contributed by atoms with Crippen molar-refractivity contribution >= 4 is 27.3 Å². The van der Waals surface area contributed by atoms with Gasteiger partial charge in [-0.2, -0.15) is 4.98 Å². The summed E-state index contributed by atoms with van der Waals surface area (Å²) in [6.07, 6.45) is 0. The maximum absolute atomic E-state index is 5.32. The normalized spacial score (nSPS) is 10.8. The number of furan rings is 1.